The molecule has 0 spiro atoms. The summed E-state index contributed by atoms with van der Waals surface area (Å²) in [7, 11) is -2.84. The van der Waals surface area contributed by atoms with Gasteiger partial charge in [-0.15, -0.1) is 0 Å². The van der Waals surface area contributed by atoms with Crippen molar-refractivity contribution in [3.8, 4) is 0 Å². The van der Waals surface area contributed by atoms with Crippen LogP contribution >= 0.6 is 0 Å². The van der Waals surface area contributed by atoms with E-state index < -0.39 is 21.6 Å². The molecule has 1 saturated heterocycles. The summed E-state index contributed by atoms with van der Waals surface area (Å²) in [6, 6.07) is 4.66. The Bertz CT molecular complexity index is 1640. The number of nitrogens with zero attached hydrogens (tertiary/aromatic N) is 1. The summed E-state index contributed by atoms with van der Waals surface area (Å²) in [5.41, 5.74) is 3.73. The number of nitrogens with one attached hydrogen (secondary N) is 1. The number of rotatable bonds is 12. The van der Waals surface area contributed by atoms with Crippen molar-refractivity contribution in [1.29, 1.82) is 0 Å². The number of allylic oxidation sites excluding steroid dienone is 3. The molecule has 0 aromatic heterocycles. The molecule has 0 amide bonds. The van der Waals surface area contributed by atoms with Gasteiger partial charge in [0.25, 0.3) is 0 Å². The van der Waals surface area contributed by atoms with Crippen LogP contribution in [-0.2, 0) is 9.84 Å². The first-order valence-electron chi connectivity index (χ1n) is 20.5. The maximum absolute atomic E-state index is 14.9. The van der Waals surface area contributed by atoms with Crippen LogP contribution in [0.4, 0.5) is 4.39 Å². The summed E-state index contributed by atoms with van der Waals surface area (Å²) in [6.07, 6.45) is 15.6. The summed E-state index contributed by atoms with van der Waals surface area (Å²) < 4.78 is 38.6. The van der Waals surface area contributed by atoms with Gasteiger partial charge in [-0.3, -0.25) is 0 Å². The number of fused-ring (bicyclic) bond motifs is 3. The van der Waals surface area contributed by atoms with E-state index in [4.69, 9.17) is 0 Å². The predicted molar refractivity (Wildman–Crippen MR) is 210 cm³/mol. The second kappa shape index (κ2) is 14.9. The number of sulfone groups is 1. The maximum atomic E-state index is 14.9. The van der Waals surface area contributed by atoms with Gasteiger partial charge >= 0.3 is 5.97 Å². The van der Waals surface area contributed by atoms with Crippen molar-refractivity contribution in [2.75, 3.05) is 44.2 Å². The topological polar surface area (TPSA) is 86.7 Å². The first-order valence-corrected chi connectivity index (χ1v) is 22.3. The van der Waals surface area contributed by atoms with Crippen LogP contribution in [0.5, 0.6) is 0 Å². The Morgan fingerprint density at radius 2 is 1.81 bits per heavy atom. The van der Waals surface area contributed by atoms with E-state index in [9.17, 15) is 22.7 Å². The van der Waals surface area contributed by atoms with Crippen LogP contribution in [0.3, 0.4) is 0 Å². The predicted octanol–water partition coefficient (Wildman–Crippen LogP) is 9.28. The van der Waals surface area contributed by atoms with Gasteiger partial charge in [0.1, 0.15) is 5.82 Å². The Labute approximate surface area is 314 Å². The van der Waals surface area contributed by atoms with Gasteiger partial charge in [0.2, 0.25) is 0 Å². The van der Waals surface area contributed by atoms with Crippen LogP contribution in [0.25, 0.3) is 5.57 Å². The molecule has 1 heterocycles. The van der Waals surface area contributed by atoms with Crippen LogP contribution in [-0.4, -0.2) is 68.6 Å². The fourth-order valence-electron chi connectivity index (χ4n) is 12.7. The summed E-state index contributed by atoms with van der Waals surface area (Å²) in [4.78, 5) is 13.8. The molecular weight excluding hydrogens is 672 g/mol. The number of halogens is 1. The molecular formula is C44H67FN2O4S. The van der Waals surface area contributed by atoms with E-state index in [1.807, 2.05) is 0 Å². The lowest BCUT2D eigenvalue weighted by Gasteiger charge is -2.64. The van der Waals surface area contributed by atoms with E-state index in [1.165, 1.54) is 69.1 Å². The molecule has 1 aromatic rings. The first-order chi connectivity index (χ1) is 24.4. The zero-order valence-corrected chi connectivity index (χ0v) is 33.9. The average molecular weight is 739 g/mol. The molecule has 1 aliphatic heterocycles. The van der Waals surface area contributed by atoms with E-state index in [2.05, 4.69) is 64.4 Å². The molecule has 3 saturated carbocycles. The molecule has 4 aliphatic carbocycles. The molecule has 2 N–H and O–H groups in total. The second-order valence-electron chi connectivity index (χ2n) is 19.1. The molecule has 4 fully saturated rings. The van der Waals surface area contributed by atoms with Gasteiger partial charge < -0.3 is 15.3 Å². The van der Waals surface area contributed by atoms with Gasteiger partial charge in [-0.1, -0.05) is 65.3 Å². The number of aromatic carboxylic acids is 1. The maximum Gasteiger partial charge on any atom is 0.338 e. The molecule has 8 atom stereocenters. The van der Waals surface area contributed by atoms with Gasteiger partial charge in [0.05, 0.1) is 17.1 Å². The Morgan fingerprint density at radius 1 is 1.08 bits per heavy atom. The molecule has 0 bridgehead atoms. The standard InChI is InChI=1S/C44H67FN2O4S/c1-30(2)33-15-19-44(29-46-22-9-23-47-24-26-52(50,51)27-25-47)21-20-43(7)37(39(33)44)10-8-17-42(43,6)18-16-35-31(3)11-14-36(41(35,4)5)32-12-13-34(40(48)49)38(45)28-32/h12-14,28,31,33,35,37,39,46H,1,8-11,15-27,29H2,2-7H3,(H,48,49). The van der Waals surface area contributed by atoms with Crippen molar-refractivity contribution in [3.05, 3.63) is 53.4 Å². The Hall–Kier alpha value is -2.03. The SMILES string of the molecule is C=C(C)C1CCC2(CNCCCN3CCS(=O)(=O)CC3)CCC3(C)C(CCCC3(C)CCC3C(C)CC=C(c4ccc(C(=O)O)c(F)c4)C3(C)C)C12. The molecule has 52 heavy (non-hydrogen) atoms. The lowest BCUT2D eigenvalue weighted by Crippen LogP contribution is -2.58. The molecule has 6 nitrogen and oxygen atoms in total. The summed E-state index contributed by atoms with van der Waals surface area (Å²) in [5, 5.41) is 13.3. The molecule has 290 valence electrons. The highest BCUT2D eigenvalue weighted by Gasteiger charge is 2.63. The van der Waals surface area contributed by atoms with Gasteiger partial charge in [0, 0.05) is 19.6 Å². The van der Waals surface area contributed by atoms with Crippen LogP contribution < -0.4 is 5.32 Å². The van der Waals surface area contributed by atoms with Crippen molar-refractivity contribution < 1.29 is 22.7 Å². The molecule has 1 aromatic carbocycles. The minimum absolute atomic E-state index is 0.157. The second-order valence-corrected chi connectivity index (χ2v) is 21.4. The molecule has 6 rings (SSSR count). The Morgan fingerprint density at radius 3 is 2.48 bits per heavy atom. The summed E-state index contributed by atoms with van der Waals surface area (Å²) in [6.45, 7) is 23.5. The van der Waals surface area contributed by atoms with E-state index in [0.717, 1.165) is 50.0 Å². The smallest absolute Gasteiger partial charge is 0.338 e. The van der Waals surface area contributed by atoms with Crippen LogP contribution in [0.1, 0.15) is 128 Å². The Kier molecular flexibility index (Phi) is 11.4. The zero-order chi connectivity index (χ0) is 37.7. The fraction of sp³-hybridized carbons (Fsp3) is 0.750. The quantitative estimate of drug-likeness (QED) is 0.164. The zero-order valence-electron chi connectivity index (χ0n) is 33.0. The minimum Gasteiger partial charge on any atom is -0.478 e. The first kappa shape index (κ1) is 39.7. The summed E-state index contributed by atoms with van der Waals surface area (Å²) >= 11 is 0. The summed E-state index contributed by atoms with van der Waals surface area (Å²) in [5.74, 6) is 1.61. The van der Waals surface area contributed by atoms with Crippen LogP contribution in [0.2, 0.25) is 0 Å². The third kappa shape index (κ3) is 7.35. The minimum atomic E-state index is -2.84. The highest BCUT2D eigenvalue weighted by molar-refractivity contribution is 7.91. The van der Waals surface area contributed by atoms with E-state index in [0.29, 0.717) is 59.6 Å². The average Bonchev–Trinajstić information content (AvgIpc) is 3.46. The van der Waals surface area contributed by atoms with Gasteiger partial charge in [0.15, 0.2) is 9.84 Å². The normalized spacial score (nSPS) is 37.1. The van der Waals surface area contributed by atoms with Gasteiger partial charge in [-0.2, -0.15) is 0 Å². The number of carboxylic acid groups (broad SMARTS) is 1. The van der Waals surface area contributed by atoms with E-state index in [-0.39, 0.29) is 21.8 Å². The van der Waals surface area contributed by atoms with Crippen molar-refractivity contribution in [1.82, 2.24) is 10.2 Å². The van der Waals surface area contributed by atoms with Gasteiger partial charge in [-0.05, 0) is 159 Å². The highest BCUT2D eigenvalue weighted by Crippen LogP contribution is 2.71. The fourth-order valence-corrected chi connectivity index (χ4v) is 13.9. The van der Waals surface area contributed by atoms with Crippen molar-refractivity contribution in [2.45, 2.75) is 112 Å². The number of benzene rings is 1. The molecule has 0 radical (unpaired) electrons. The van der Waals surface area contributed by atoms with E-state index >= 15 is 0 Å². The van der Waals surface area contributed by atoms with E-state index in [1.54, 1.807) is 6.07 Å². The Balaban J connectivity index is 1.15. The van der Waals surface area contributed by atoms with Crippen molar-refractivity contribution in [3.63, 3.8) is 0 Å². The number of hydrogen-bond acceptors (Lipinski definition) is 5. The van der Waals surface area contributed by atoms with Crippen LogP contribution in [0.15, 0.2) is 36.4 Å². The monoisotopic (exact) mass is 738 g/mol. The largest absolute Gasteiger partial charge is 0.478 e. The highest BCUT2D eigenvalue weighted by atomic mass is 32.2. The number of carbonyl (C=O) groups is 1. The lowest BCUT2D eigenvalue weighted by molar-refractivity contribution is -0.143. The third-order valence-electron chi connectivity index (χ3n) is 16.0. The van der Waals surface area contributed by atoms with Crippen molar-refractivity contribution >= 4 is 21.4 Å². The molecule has 8 unspecified atom stereocenters. The number of carboxylic acids is 1. The van der Waals surface area contributed by atoms with Crippen molar-refractivity contribution in [2.24, 2.45) is 51.2 Å². The van der Waals surface area contributed by atoms with Crippen LogP contribution in [0, 0.1) is 57.1 Å². The molecule has 5 aliphatic rings. The third-order valence-corrected chi connectivity index (χ3v) is 17.6. The lowest BCUT2D eigenvalue weighted by atomic mass is 9.41. The number of hydrogen-bond donors (Lipinski definition) is 2. The van der Waals surface area contributed by atoms with Gasteiger partial charge in [-0.25, -0.2) is 17.6 Å². The molecule has 8 heteroatoms.